The molecule has 0 aliphatic carbocycles. The number of carboxylic acids is 1. The lowest BCUT2D eigenvalue weighted by Crippen LogP contribution is -2.56. The van der Waals surface area contributed by atoms with Crippen molar-refractivity contribution in [2.75, 3.05) is 13.1 Å². The van der Waals surface area contributed by atoms with E-state index in [1.54, 1.807) is 12.1 Å². The number of aromatic nitrogens is 1. The molecule has 6 heteroatoms. The fraction of sp³-hybridized carbons (Fsp3) is 0.182. The Morgan fingerprint density at radius 2 is 1.64 bits per heavy atom. The van der Waals surface area contributed by atoms with Gasteiger partial charge in [0, 0.05) is 41.7 Å². The van der Waals surface area contributed by atoms with Crippen molar-refractivity contribution in [3.63, 3.8) is 0 Å². The van der Waals surface area contributed by atoms with Gasteiger partial charge in [0.05, 0.1) is 11.1 Å². The summed E-state index contributed by atoms with van der Waals surface area (Å²) in [5, 5.41) is 13.8. The van der Waals surface area contributed by atoms with Gasteiger partial charge in [0.1, 0.15) is 18.2 Å². The molecule has 1 aliphatic heterocycles. The molecule has 6 rings (SSSR count). The van der Waals surface area contributed by atoms with Crippen molar-refractivity contribution in [3.05, 3.63) is 131 Å². The van der Waals surface area contributed by atoms with Crippen LogP contribution in [-0.2, 0) is 18.4 Å². The van der Waals surface area contributed by atoms with Crippen LogP contribution in [0.4, 0.5) is 4.39 Å². The molecule has 0 atom stereocenters. The zero-order chi connectivity index (χ0) is 27.0. The van der Waals surface area contributed by atoms with Gasteiger partial charge in [0.25, 0.3) is 0 Å². The van der Waals surface area contributed by atoms with Gasteiger partial charge in [-0.3, -0.25) is 0 Å². The Kier molecular flexibility index (Phi) is 6.41. The van der Waals surface area contributed by atoms with E-state index in [1.807, 2.05) is 66.7 Å². The van der Waals surface area contributed by atoms with E-state index in [-0.39, 0.29) is 16.8 Å². The Labute approximate surface area is 226 Å². The molecule has 4 aromatic carbocycles. The highest BCUT2D eigenvalue weighted by Gasteiger charge is 2.40. The minimum absolute atomic E-state index is 0.152. The van der Waals surface area contributed by atoms with Crippen molar-refractivity contribution in [1.82, 2.24) is 9.88 Å². The maximum Gasteiger partial charge on any atom is 0.335 e. The number of nitrogens with one attached hydrogen (secondary N) is 1. The molecule has 5 nitrogen and oxygen atoms in total. The predicted octanol–water partition coefficient (Wildman–Crippen LogP) is 6.50. The third kappa shape index (κ3) is 4.68. The monoisotopic (exact) mass is 520 g/mol. The first-order valence-electron chi connectivity index (χ1n) is 13.1. The topological polar surface area (TPSA) is 63.5 Å². The van der Waals surface area contributed by atoms with E-state index in [1.165, 1.54) is 12.1 Å². The molecule has 0 radical (unpaired) electrons. The molecule has 2 heterocycles. The number of ether oxygens (including phenoxy) is 1. The van der Waals surface area contributed by atoms with Crippen LogP contribution in [-0.4, -0.2) is 28.7 Å². The van der Waals surface area contributed by atoms with Gasteiger partial charge in [-0.15, -0.1) is 0 Å². The van der Waals surface area contributed by atoms with E-state index in [0.717, 1.165) is 57.8 Å². The number of carboxylic acid groups (broad SMARTS) is 1. The Morgan fingerprint density at radius 3 is 2.28 bits per heavy atom. The van der Waals surface area contributed by atoms with Gasteiger partial charge in [-0.05, 0) is 65.2 Å². The highest BCUT2D eigenvalue weighted by molar-refractivity contribution is 5.94. The van der Waals surface area contributed by atoms with Crippen LogP contribution >= 0.6 is 0 Å². The lowest BCUT2D eigenvalue weighted by Gasteiger charge is -2.41. The molecule has 196 valence electrons. The zero-order valence-electron chi connectivity index (χ0n) is 21.7. The largest absolute Gasteiger partial charge is 0.488 e. The summed E-state index contributed by atoms with van der Waals surface area (Å²) in [5.41, 5.74) is 6.35. The Morgan fingerprint density at radius 1 is 0.923 bits per heavy atom. The molecule has 0 amide bonds. The number of hydrogen-bond acceptors (Lipinski definition) is 3. The molecule has 1 saturated heterocycles. The molecule has 5 aromatic rings. The van der Waals surface area contributed by atoms with Gasteiger partial charge in [-0.25, -0.2) is 9.18 Å². The van der Waals surface area contributed by atoms with Gasteiger partial charge >= 0.3 is 5.97 Å². The van der Waals surface area contributed by atoms with Crippen LogP contribution in [0.1, 0.15) is 39.7 Å². The first-order chi connectivity index (χ1) is 18.9. The van der Waals surface area contributed by atoms with Crippen LogP contribution in [0.25, 0.3) is 16.6 Å². The number of carbonyl (C=O) groups is 1. The predicted molar refractivity (Wildman–Crippen MR) is 150 cm³/mol. The minimum atomic E-state index is -0.945. The fourth-order valence-corrected chi connectivity index (χ4v) is 5.54. The summed E-state index contributed by atoms with van der Waals surface area (Å²) < 4.78 is 22.7. The molecule has 1 aromatic heterocycles. The Balaban J connectivity index is 1.57. The molecule has 1 aliphatic rings. The van der Waals surface area contributed by atoms with E-state index in [4.69, 9.17) is 4.74 Å². The van der Waals surface area contributed by atoms with Crippen molar-refractivity contribution >= 4 is 16.9 Å². The molecule has 0 saturated carbocycles. The van der Waals surface area contributed by atoms with Gasteiger partial charge in [0.15, 0.2) is 0 Å². The highest BCUT2D eigenvalue weighted by atomic mass is 19.1. The molecule has 2 N–H and O–H groups in total. The average Bonchev–Trinajstić information content (AvgIpc) is 3.26. The molecule has 0 unspecified atom stereocenters. The first kappa shape index (κ1) is 24.9. The van der Waals surface area contributed by atoms with E-state index >= 15 is 0 Å². The number of halogens is 1. The standard InChI is InChI=1S/C33H29FN2O3/c1-33(20-35-21-33)31-27(18-22-10-12-24(13-11-22)32(37)38)30-28(36(31)26-16-14-25(34)15-17-26)8-5-9-29(30)39-19-23-6-3-2-4-7-23/h2-17,35H,18-21H2,1H3,(H,37,38). The summed E-state index contributed by atoms with van der Waals surface area (Å²) in [5.74, 6) is -0.440. The lowest BCUT2D eigenvalue weighted by molar-refractivity contribution is 0.0697. The normalized spacial score (nSPS) is 14.2. The fourth-order valence-electron chi connectivity index (χ4n) is 5.54. The molecular formula is C33H29FN2O3. The zero-order valence-corrected chi connectivity index (χ0v) is 21.7. The Bertz CT molecular complexity index is 1640. The van der Waals surface area contributed by atoms with Crippen LogP contribution in [0.15, 0.2) is 97.1 Å². The van der Waals surface area contributed by atoms with Crippen LogP contribution < -0.4 is 10.1 Å². The van der Waals surface area contributed by atoms with Gasteiger partial charge in [0.2, 0.25) is 0 Å². The second-order valence-corrected chi connectivity index (χ2v) is 10.4. The third-order valence-electron chi connectivity index (χ3n) is 7.56. The highest BCUT2D eigenvalue weighted by Crippen LogP contribution is 2.43. The molecular weight excluding hydrogens is 491 g/mol. The quantitative estimate of drug-likeness (QED) is 0.245. The number of hydrogen-bond donors (Lipinski definition) is 2. The van der Waals surface area contributed by atoms with E-state index in [2.05, 4.69) is 22.9 Å². The molecule has 1 fully saturated rings. The van der Waals surface area contributed by atoms with Gasteiger partial charge in [-0.1, -0.05) is 55.5 Å². The second-order valence-electron chi connectivity index (χ2n) is 10.4. The lowest BCUT2D eigenvalue weighted by atomic mass is 9.77. The average molecular weight is 521 g/mol. The molecule has 39 heavy (non-hydrogen) atoms. The van der Waals surface area contributed by atoms with Crippen molar-refractivity contribution in [3.8, 4) is 11.4 Å². The minimum Gasteiger partial charge on any atom is -0.488 e. The van der Waals surface area contributed by atoms with Crippen LogP contribution in [0, 0.1) is 5.82 Å². The van der Waals surface area contributed by atoms with Crippen molar-refractivity contribution in [2.24, 2.45) is 0 Å². The molecule has 0 bridgehead atoms. The third-order valence-corrected chi connectivity index (χ3v) is 7.56. The smallest absolute Gasteiger partial charge is 0.335 e. The van der Waals surface area contributed by atoms with Crippen molar-refractivity contribution in [2.45, 2.75) is 25.4 Å². The molecule has 0 spiro atoms. The van der Waals surface area contributed by atoms with Gasteiger partial charge < -0.3 is 19.7 Å². The van der Waals surface area contributed by atoms with E-state index < -0.39 is 5.97 Å². The SMILES string of the molecule is CC1(c2c(Cc3ccc(C(=O)O)cc3)c3c(OCc4ccccc4)cccc3n2-c2ccc(F)cc2)CNC1. The summed E-state index contributed by atoms with van der Waals surface area (Å²) in [4.78, 5) is 11.4. The summed E-state index contributed by atoms with van der Waals surface area (Å²) in [6.07, 6.45) is 0.598. The summed E-state index contributed by atoms with van der Waals surface area (Å²) in [7, 11) is 0. The van der Waals surface area contributed by atoms with E-state index in [0.29, 0.717) is 13.0 Å². The number of aromatic carboxylic acids is 1. The summed E-state index contributed by atoms with van der Waals surface area (Å²) in [6, 6.07) is 29.8. The number of fused-ring (bicyclic) bond motifs is 1. The number of nitrogens with zero attached hydrogens (tertiary/aromatic N) is 1. The number of benzene rings is 4. The first-order valence-corrected chi connectivity index (χ1v) is 13.1. The van der Waals surface area contributed by atoms with Crippen LogP contribution in [0.2, 0.25) is 0 Å². The maximum atomic E-state index is 14.0. The summed E-state index contributed by atoms with van der Waals surface area (Å²) in [6.45, 7) is 4.31. The van der Waals surface area contributed by atoms with Crippen LogP contribution in [0.3, 0.4) is 0 Å². The van der Waals surface area contributed by atoms with E-state index in [9.17, 15) is 14.3 Å². The number of rotatable bonds is 8. The van der Waals surface area contributed by atoms with Crippen molar-refractivity contribution < 1.29 is 19.0 Å². The second kappa shape index (κ2) is 10.0. The Hall–Kier alpha value is -4.42. The van der Waals surface area contributed by atoms with Crippen molar-refractivity contribution in [1.29, 1.82) is 0 Å². The summed E-state index contributed by atoms with van der Waals surface area (Å²) >= 11 is 0. The maximum absolute atomic E-state index is 14.0. The van der Waals surface area contributed by atoms with Crippen LogP contribution in [0.5, 0.6) is 5.75 Å². The van der Waals surface area contributed by atoms with Gasteiger partial charge in [-0.2, -0.15) is 0 Å².